The predicted octanol–water partition coefficient (Wildman–Crippen LogP) is 5.34. The summed E-state index contributed by atoms with van der Waals surface area (Å²) in [5, 5.41) is 3.33. The van der Waals surface area contributed by atoms with Gasteiger partial charge in [-0.1, -0.05) is 12.1 Å². The van der Waals surface area contributed by atoms with Crippen LogP contribution >= 0.6 is 0 Å². The quantitative estimate of drug-likeness (QED) is 0.637. The third kappa shape index (κ3) is 4.11. The highest BCUT2D eigenvalue weighted by Gasteiger charge is 2.15. The molecule has 2 N–H and O–H groups in total. The van der Waals surface area contributed by atoms with Gasteiger partial charge in [-0.15, -0.1) is 0 Å². The number of benzene rings is 2. The van der Waals surface area contributed by atoms with Crippen LogP contribution in [0.15, 0.2) is 54.9 Å². The molecule has 3 aromatic rings. The van der Waals surface area contributed by atoms with Crippen molar-refractivity contribution in [3.05, 3.63) is 66.5 Å². The number of anilines is 1. The van der Waals surface area contributed by atoms with Crippen LogP contribution in [0.25, 0.3) is 11.1 Å². The number of aromatic amines is 1. The van der Waals surface area contributed by atoms with E-state index in [9.17, 15) is 8.78 Å². The van der Waals surface area contributed by atoms with E-state index in [1.54, 1.807) is 36.7 Å². The van der Waals surface area contributed by atoms with E-state index in [1.807, 2.05) is 0 Å². The molecular formula is C21H20F2N2O2. The fourth-order valence-electron chi connectivity index (χ4n) is 3.16. The molecule has 2 aromatic carbocycles. The minimum atomic E-state index is -0.446. The summed E-state index contributed by atoms with van der Waals surface area (Å²) in [5.74, 6) is -0.144. The zero-order chi connectivity index (χ0) is 18.6. The number of halogens is 2. The standard InChI is InChI=1S/C21H20F2N2O2/c22-15-3-1-14(2-4-15)18-12-24-13-21(18)27-20-6-5-17(11-19(20)23)25-16-7-9-26-10-8-16/h1-6,11-13,16,24-25H,7-10H2. The van der Waals surface area contributed by atoms with Gasteiger partial charge in [0.2, 0.25) is 0 Å². The van der Waals surface area contributed by atoms with Gasteiger partial charge in [0.05, 0.1) is 0 Å². The Balaban J connectivity index is 1.50. The van der Waals surface area contributed by atoms with Gasteiger partial charge in [-0.05, 0) is 42.7 Å². The molecule has 0 bridgehead atoms. The van der Waals surface area contributed by atoms with Crippen LogP contribution in [0.4, 0.5) is 14.5 Å². The minimum absolute atomic E-state index is 0.135. The van der Waals surface area contributed by atoms with E-state index in [1.165, 1.54) is 18.2 Å². The molecule has 6 heteroatoms. The summed E-state index contributed by atoms with van der Waals surface area (Å²) >= 11 is 0. The van der Waals surface area contributed by atoms with Crippen molar-refractivity contribution in [2.45, 2.75) is 18.9 Å². The van der Waals surface area contributed by atoms with Crippen LogP contribution in [-0.2, 0) is 4.74 Å². The first-order valence-electron chi connectivity index (χ1n) is 8.93. The van der Waals surface area contributed by atoms with Gasteiger partial charge < -0.3 is 19.8 Å². The van der Waals surface area contributed by atoms with Crippen molar-refractivity contribution in [3.63, 3.8) is 0 Å². The van der Waals surface area contributed by atoms with Crippen LogP contribution in [0.5, 0.6) is 11.5 Å². The van der Waals surface area contributed by atoms with E-state index < -0.39 is 5.82 Å². The summed E-state index contributed by atoms with van der Waals surface area (Å²) in [6, 6.07) is 11.2. The third-order valence-electron chi connectivity index (χ3n) is 4.61. The zero-order valence-electron chi connectivity index (χ0n) is 14.7. The molecule has 2 heterocycles. The summed E-state index contributed by atoms with van der Waals surface area (Å²) in [6.45, 7) is 1.45. The minimum Gasteiger partial charge on any atom is -0.452 e. The van der Waals surface area contributed by atoms with E-state index >= 15 is 0 Å². The number of aromatic nitrogens is 1. The third-order valence-corrected chi connectivity index (χ3v) is 4.61. The van der Waals surface area contributed by atoms with Crippen LogP contribution < -0.4 is 10.1 Å². The lowest BCUT2D eigenvalue weighted by Crippen LogP contribution is -2.27. The molecule has 0 unspecified atom stereocenters. The van der Waals surface area contributed by atoms with Gasteiger partial charge in [0.25, 0.3) is 0 Å². The first kappa shape index (κ1) is 17.5. The monoisotopic (exact) mass is 370 g/mol. The Morgan fingerprint density at radius 1 is 0.963 bits per heavy atom. The first-order valence-corrected chi connectivity index (χ1v) is 8.93. The smallest absolute Gasteiger partial charge is 0.167 e. The zero-order valence-corrected chi connectivity index (χ0v) is 14.7. The summed E-state index contributed by atoms with van der Waals surface area (Å²) in [7, 11) is 0. The lowest BCUT2D eigenvalue weighted by Gasteiger charge is -2.24. The van der Waals surface area contributed by atoms with Crippen LogP contribution in [0, 0.1) is 11.6 Å². The maximum Gasteiger partial charge on any atom is 0.167 e. The Kier molecular flexibility index (Phi) is 5.07. The van der Waals surface area contributed by atoms with Crippen molar-refractivity contribution in [1.29, 1.82) is 0 Å². The van der Waals surface area contributed by atoms with E-state index in [4.69, 9.17) is 9.47 Å². The second-order valence-corrected chi connectivity index (χ2v) is 6.52. The Bertz CT molecular complexity index is 903. The molecule has 0 radical (unpaired) electrons. The summed E-state index contributed by atoms with van der Waals surface area (Å²) in [6.07, 6.45) is 5.20. The second kappa shape index (κ2) is 7.80. The van der Waals surface area contributed by atoms with Gasteiger partial charge in [0.1, 0.15) is 5.82 Å². The van der Waals surface area contributed by atoms with Gasteiger partial charge in [-0.25, -0.2) is 8.78 Å². The second-order valence-electron chi connectivity index (χ2n) is 6.52. The van der Waals surface area contributed by atoms with Gasteiger partial charge in [-0.2, -0.15) is 0 Å². The molecule has 1 aliphatic heterocycles. The molecular weight excluding hydrogens is 350 g/mol. The predicted molar refractivity (Wildman–Crippen MR) is 100 cm³/mol. The van der Waals surface area contributed by atoms with Crippen LogP contribution in [0.2, 0.25) is 0 Å². The number of H-pyrrole nitrogens is 1. The lowest BCUT2D eigenvalue weighted by atomic mass is 10.1. The topological polar surface area (TPSA) is 46.3 Å². The number of nitrogens with one attached hydrogen (secondary N) is 2. The number of rotatable bonds is 5. The van der Waals surface area contributed by atoms with Gasteiger partial charge in [0.15, 0.2) is 17.3 Å². The van der Waals surface area contributed by atoms with Gasteiger partial charge >= 0.3 is 0 Å². The maximum absolute atomic E-state index is 14.5. The van der Waals surface area contributed by atoms with E-state index in [2.05, 4.69) is 10.3 Å². The maximum atomic E-state index is 14.5. The fraction of sp³-hybridized carbons (Fsp3) is 0.238. The van der Waals surface area contributed by atoms with Crippen molar-refractivity contribution in [2.75, 3.05) is 18.5 Å². The Morgan fingerprint density at radius 2 is 1.74 bits per heavy atom. The van der Waals surface area contributed by atoms with E-state index in [0.717, 1.165) is 42.9 Å². The van der Waals surface area contributed by atoms with Crippen molar-refractivity contribution in [3.8, 4) is 22.6 Å². The number of hydrogen-bond acceptors (Lipinski definition) is 3. The molecule has 0 atom stereocenters. The summed E-state index contributed by atoms with van der Waals surface area (Å²) in [5.41, 5.74) is 2.24. The SMILES string of the molecule is Fc1ccc(-c2c[nH]cc2Oc2ccc(NC3CCOCC3)cc2F)cc1. The molecule has 0 amide bonds. The highest BCUT2D eigenvalue weighted by molar-refractivity contribution is 5.70. The molecule has 0 spiro atoms. The average Bonchev–Trinajstić information content (AvgIpc) is 3.14. The molecule has 1 aliphatic rings. The van der Waals surface area contributed by atoms with Gasteiger partial charge in [-0.3, -0.25) is 0 Å². The lowest BCUT2D eigenvalue weighted by molar-refractivity contribution is 0.0904. The van der Waals surface area contributed by atoms with Crippen molar-refractivity contribution in [2.24, 2.45) is 0 Å². The van der Waals surface area contributed by atoms with E-state index in [0.29, 0.717) is 11.8 Å². The molecule has 4 nitrogen and oxygen atoms in total. The first-order chi connectivity index (χ1) is 13.2. The molecule has 0 saturated carbocycles. The molecule has 1 aromatic heterocycles. The fourth-order valence-corrected chi connectivity index (χ4v) is 3.16. The van der Waals surface area contributed by atoms with Crippen molar-refractivity contribution >= 4 is 5.69 Å². The Hall–Kier alpha value is -2.86. The molecule has 0 aliphatic carbocycles. The molecule has 27 heavy (non-hydrogen) atoms. The Morgan fingerprint density at radius 3 is 2.48 bits per heavy atom. The highest BCUT2D eigenvalue weighted by Crippen LogP contribution is 2.35. The van der Waals surface area contributed by atoms with Crippen molar-refractivity contribution < 1.29 is 18.3 Å². The molecule has 140 valence electrons. The van der Waals surface area contributed by atoms with Crippen LogP contribution in [-0.4, -0.2) is 24.2 Å². The van der Waals surface area contributed by atoms with E-state index in [-0.39, 0.29) is 11.6 Å². The van der Waals surface area contributed by atoms with Crippen LogP contribution in [0.1, 0.15) is 12.8 Å². The van der Waals surface area contributed by atoms with Crippen LogP contribution in [0.3, 0.4) is 0 Å². The highest BCUT2D eigenvalue weighted by atomic mass is 19.1. The number of ether oxygens (including phenoxy) is 2. The molecule has 1 fully saturated rings. The Labute approximate surface area is 156 Å². The summed E-state index contributed by atoms with van der Waals surface area (Å²) in [4.78, 5) is 2.95. The number of hydrogen-bond donors (Lipinski definition) is 2. The largest absolute Gasteiger partial charge is 0.452 e. The molecule has 4 rings (SSSR count). The van der Waals surface area contributed by atoms with Gasteiger partial charge in [0, 0.05) is 49.0 Å². The normalized spacial score (nSPS) is 14.9. The average molecular weight is 370 g/mol. The molecule has 1 saturated heterocycles. The van der Waals surface area contributed by atoms with Crippen molar-refractivity contribution in [1.82, 2.24) is 4.98 Å². The summed E-state index contributed by atoms with van der Waals surface area (Å²) < 4.78 is 38.8.